The first kappa shape index (κ1) is 34.3. The van der Waals surface area contributed by atoms with Gasteiger partial charge in [0, 0.05) is 38.4 Å². The van der Waals surface area contributed by atoms with Crippen molar-refractivity contribution in [3.63, 3.8) is 0 Å². The van der Waals surface area contributed by atoms with Gasteiger partial charge in [-0.05, 0) is 91.3 Å². The molecule has 0 N–H and O–H groups in total. The number of hydrogen-bond donors (Lipinski definition) is 0. The number of rotatable bonds is 5. The van der Waals surface area contributed by atoms with E-state index in [0.29, 0.717) is 23.4 Å². The first-order valence-electron chi connectivity index (χ1n) is 20.4. The zero-order chi connectivity index (χ0) is 40.0. The van der Waals surface area contributed by atoms with Crippen molar-refractivity contribution in [1.29, 1.82) is 0 Å². The molecule has 5 heteroatoms. The van der Waals surface area contributed by atoms with Crippen LogP contribution in [0.15, 0.2) is 186 Å². The van der Waals surface area contributed by atoms with Crippen LogP contribution in [0.3, 0.4) is 0 Å². The number of benzene rings is 9. The second-order valence-electron chi connectivity index (χ2n) is 16.2. The third-order valence-electron chi connectivity index (χ3n) is 12.3. The molecule has 0 aliphatic heterocycles. The first-order chi connectivity index (χ1) is 29.5. The summed E-state index contributed by atoms with van der Waals surface area (Å²) in [6.45, 7) is 4.60. The quantitative estimate of drug-likeness (QED) is 0.163. The second kappa shape index (κ2) is 13.1. The molecule has 11 aromatic rings. The van der Waals surface area contributed by atoms with E-state index in [1.807, 2.05) is 30.3 Å². The lowest BCUT2D eigenvalue weighted by Gasteiger charge is -2.21. The van der Waals surface area contributed by atoms with Crippen molar-refractivity contribution >= 4 is 43.4 Å². The van der Waals surface area contributed by atoms with Gasteiger partial charge in [-0.15, -0.1) is 0 Å². The largest absolute Gasteiger partial charge is 0.435 e. The maximum Gasteiger partial charge on any atom is 0.227 e. The molecule has 5 nitrogen and oxygen atoms in total. The lowest BCUT2D eigenvalue weighted by atomic mass is 9.82. The summed E-state index contributed by atoms with van der Waals surface area (Å²) in [5.74, 6) is 2.55. The fraction of sp³-hybridized carbons (Fsp3) is 0.0545. The fourth-order valence-corrected chi connectivity index (χ4v) is 9.21. The van der Waals surface area contributed by atoms with E-state index in [1.54, 1.807) is 0 Å². The molecule has 0 radical (unpaired) electrons. The average molecular weight is 769 g/mol. The van der Waals surface area contributed by atoms with Crippen LogP contribution in [0.1, 0.15) is 25.0 Å². The molecular weight excluding hydrogens is 733 g/mol. The molecule has 0 fully saturated rings. The van der Waals surface area contributed by atoms with Crippen molar-refractivity contribution in [2.45, 2.75) is 19.3 Å². The van der Waals surface area contributed by atoms with Crippen LogP contribution in [0.25, 0.3) is 111 Å². The molecule has 2 aromatic heterocycles. The molecule has 60 heavy (non-hydrogen) atoms. The average Bonchev–Trinajstić information content (AvgIpc) is 3.86. The molecule has 0 unspecified atom stereocenters. The number of aromatic nitrogens is 4. The van der Waals surface area contributed by atoms with E-state index >= 15 is 0 Å². The highest BCUT2D eigenvalue weighted by atomic mass is 16.3. The number of oxazole rings is 1. The van der Waals surface area contributed by atoms with Crippen molar-refractivity contribution < 1.29 is 4.42 Å². The highest BCUT2D eigenvalue weighted by Crippen LogP contribution is 2.49. The summed E-state index contributed by atoms with van der Waals surface area (Å²) >= 11 is 0. The van der Waals surface area contributed by atoms with E-state index in [0.717, 1.165) is 71.4 Å². The molecule has 282 valence electrons. The third-order valence-corrected chi connectivity index (χ3v) is 12.3. The molecule has 9 aromatic carbocycles. The minimum absolute atomic E-state index is 0.143. The highest BCUT2D eigenvalue weighted by molar-refractivity contribution is 6.23. The Morgan fingerprint density at radius 1 is 0.367 bits per heavy atom. The van der Waals surface area contributed by atoms with Crippen LogP contribution in [-0.2, 0) is 5.41 Å². The highest BCUT2D eigenvalue weighted by Gasteiger charge is 2.35. The first-order valence-corrected chi connectivity index (χ1v) is 20.4. The summed E-state index contributed by atoms with van der Waals surface area (Å²) in [6.07, 6.45) is 0. The Kier molecular flexibility index (Phi) is 7.51. The standard InChI is InChI=1S/C55H36N4O/c1-55(2)47-19-11-10-17-42(47)43-28-27-40(32-48(43)55)53-58-51(57-52(59-53)39-25-22-33-12-6-7-15-37(33)30-39)35-23-20-34(21-24-35)38-26-29-45-46(31-38)41-16-8-9-18-44(41)49-50(45)60-54(56-49)36-13-4-3-5-14-36/h3-32H,1-2H3. The minimum Gasteiger partial charge on any atom is -0.435 e. The molecule has 0 saturated heterocycles. The summed E-state index contributed by atoms with van der Waals surface area (Å²) in [4.78, 5) is 20.5. The zero-order valence-electron chi connectivity index (χ0n) is 33.0. The van der Waals surface area contributed by atoms with Gasteiger partial charge in [0.05, 0.1) is 0 Å². The van der Waals surface area contributed by atoms with Gasteiger partial charge < -0.3 is 4.42 Å². The maximum absolute atomic E-state index is 6.51. The van der Waals surface area contributed by atoms with Crippen LogP contribution in [0.4, 0.5) is 0 Å². The topological polar surface area (TPSA) is 64.7 Å². The SMILES string of the molecule is CC1(C)c2ccccc2-c2ccc(-c3nc(-c4ccc(-c5ccc6c(c5)c5ccccc5c5nc(-c7ccccc7)oc65)cc4)nc(-c4ccc5ccccc5c4)n3)cc21. The smallest absolute Gasteiger partial charge is 0.227 e. The second-order valence-corrected chi connectivity index (χ2v) is 16.2. The Balaban J connectivity index is 0.964. The lowest BCUT2D eigenvalue weighted by Crippen LogP contribution is -2.15. The van der Waals surface area contributed by atoms with Crippen molar-refractivity contribution in [2.24, 2.45) is 0 Å². The van der Waals surface area contributed by atoms with Gasteiger partial charge in [0.1, 0.15) is 5.52 Å². The van der Waals surface area contributed by atoms with E-state index in [9.17, 15) is 0 Å². The van der Waals surface area contributed by atoms with Gasteiger partial charge in [0.2, 0.25) is 5.89 Å². The summed E-state index contributed by atoms with van der Waals surface area (Å²) in [7, 11) is 0. The van der Waals surface area contributed by atoms with Gasteiger partial charge in [-0.25, -0.2) is 19.9 Å². The Labute approximate surface area is 346 Å². The number of hydrogen-bond acceptors (Lipinski definition) is 5. The van der Waals surface area contributed by atoms with Crippen LogP contribution in [0.5, 0.6) is 0 Å². The van der Waals surface area contributed by atoms with Gasteiger partial charge >= 0.3 is 0 Å². The Morgan fingerprint density at radius 2 is 0.967 bits per heavy atom. The van der Waals surface area contributed by atoms with E-state index in [-0.39, 0.29) is 5.41 Å². The molecule has 0 spiro atoms. The van der Waals surface area contributed by atoms with E-state index in [4.69, 9.17) is 24.4 Å². The van der Waals surface area contributed by atoms with E-state index in [1.165, 1.54) is 27.6 Å². The van der Waals surface area contributed by atoms with Gasteiger partial charge in [0.25, 0.3) is 0 Å². The van der Waals surface area contributed by atoms with Crippen molar-refractivity contribution in [2.75, 3.05) is 0 Å². The van der Waals surface area contributed by atoms with Gasteiger partial charge in [-0.2, -0.15) is 0 Å². The minimum atomic E-state index is -0.143. The predicted octanol–water partition coefficient (Wildman–Crippen LogP) is 14.1. The predicted molar refractivity (Wildman–Crippen MR) is 245 cm³/mol. The van der Waals surface area contributed by atoms with E-state index < -0.39 is 0 Å². The maximum atomic E-state index is 6.51. The lowest BCUT2D eigenvalue weighted by molar-refractivity contribution is 0.623. The third kappa shape index (κ3) is 5.40. The molecule has 1 aliphatic carbocycles. The van der Waals surface area contributed by atoms with Gasteiger partial charge in [-0.1, -0.05) is 159 Å². The summed E-state index contributed by atoms with van der Waals surface area (Å²) in [6, 6.07) is 63.9. The van der Waals surface area contributed by atoms with Crippen molar-refractivity contribution in [1.82, 2.24) is 19.9 Å². The van der Waals surface area contributed by atoms with Gasteiger partial charge in [-0.3, -0.25) is 0 Å². The van der Waals surface area contributed by atoms with Crippen LogP contribution >= 0.6 is 0 Å². The summed E-state index contributed by atoms with van der Waals surface area (Å²) in [5.41, 5.74) is 12.7. The molecule has 0 amide bonds. The number of fused-ring (bicyclic) bond motifs is 10. The molecular formula is C55H36N4O. The summed E-state index contributed by atoms with van der Waals surface area (Å²) < 4.78 is 6.51. The van der Waals surface area contributed by atoms with Crippen LogP contribution in [0, 0.1) is 0 Å². The molecule has 0 atom stereocenters. The van der Waals surface area contributed by atoms with Crippen LogP contribution < -0.4 is 0 Å². The molecule has 12 rings (SSSR count). The zero-order valence-corrected chi connectivity index (χ0v) is 33.0. The van der Waals surface area contributed by atoms with Crippen LogP contribution in [0.2, 0.25) is 0 Å². The fourth-order valence-electron chi connectivity index (χ4n) is 9.21. The monoisotopic (exact) mass is 768 g/mol. The van der Waals surface area contributed by atoms with Crippen molar-refractivity contribution in [3.05, 3.63) is 193 Å². The number of nitrogens with zero attached hydrogens (tertiary/aromatic N) is 4. The molecule has 0 saturated carbocycles. The van der Waals surface area contributed by atoms with Crippen molar-refractivity contribution in [3.8, 4) is 67.9 Å². The summed E-state index contributed by atoms with van der Waals surface area (Å²) in [5, 5.41) is 6.70. The Hall–Kier alpha value is -7.76. The molecule has 1 aliphatic rings. The van der Waals surface area contributed by atoms with E-state index in [2.05, 4.69) is 166 Å². The Bertz CT molecular complexity index is 3510. The Morgan fingerprint density at radius 3 is 1.78 bits per heavy atom. The van der Waals surface area contributed by atoms with Gasteiger partial charge in [0.15, 0.2) is 23.1 Å². The van der Waals surface area contributed by atoms with Crippen LogP contribution in [-0.4, -0.2) is 19.9 Å². The normalized spacial score (nSPS) is 13.0. The molecule has 2 heterocycles. The molecule has 0 bridgehead atoms.